The van der Waals surface area contributed by atoms with E-state index in [1.807, 2.05) is 0 Å². The number of carboxylic acid groups (broad SMARTS) is 1. The van der Waals surface area contributed by atoms with Gasteiger partial charge in [0, 0.05) is 0 Å². The number of carbonyl (C=O) groups excluding carboxylic acids is 1. The topological polar surface area (TPSA) is 87.7 Å². The van der Waals surface area contributed by atoms with Crippen LogP contribution in [0.25, 0.3) is 0 Å². The monoisotopic (exact) mass is 218 g/mol. The maximum Gasteiger partial charge on any atom is 0.422 e. The van der Waals surface area contributed by atoms with Crippen LogP contribution in [0.3, 0.4) is 0 Å². The zero-order chi connectivity index (χ0) is 12.1. The molecule has 1 atom stereocenters. The van der Waals surface area contributed by atoms with Crippen molar-refractivity contribution in [1.29, 1.82) is 0 Å². The molecule has 0 aliphatic rings. The van der Waals surface area contributed by atoms with Gasteiger partial charge in [-0.2, -0.15) is 0 Å². The first-order valence-electron chi connectivity index (χ1n) is 4.73. The van der Waals surface area contributed by atoms with E-state index >= 15 is 0 Å². The van der Waals surface area contributed by atoms with Crippen molar-refractivity contribution in [3.8, 4) is 0 Å². The van der Waals surface area contributed by atoms with Crippen LogP contribution in [-0.4, -0.2) is 28.8 Å². The Balaban J connectivity index is 3.94. The Labute approximate surface area is 89.0 Å². The molecular weight excluding hydrogens is 200 g/mol. The number of amides is 1. The Kier molecular flexibility index (Phi) is 5.07. The lowest BCUT2D eigenvalue weighted by Crippen LogP contribution is -2.49. The summed E-state index contributed by atoms with van der Waals surface area (Å²) in [7, 11) is 0. The molecule has 88 valence electrons. The van der Waals surface area contributed by atoms with Gasteiger partial charge in [-0.15, -0.1) is 0 Å². The third-order valence-corrected chi connectivity index (χ3v) is 1.45. The highest BCUT2D eigenvalue weighted by Crippen LogP contribution is 2.05. The SMILES string of the molecule is CCC(NNC(=O)OC(C)(C)C)C(=O)O. The molecule has 0 aromatic rings. The molecule has 6 heteroatoms. The summed E-state index contributed by atoms with van der Waals surface area (Å²) in [6, 6.07) is -0.808. The molecule has 0 aromatic carbocycles. The van der Waals surface area contributed by atoms with Gasteiger partial charge in [0.15, 0.2) is 0 Å². The van der Waals surface area contributed by atoms with Crippen LogP contribution in [0.5, 0.6) is 0 Å². The number of hydrogen-bond donors (Lipinski definition) is 3. The molecule has 0 spiro atoms. The highest BCUT2D eigenvalue weighted by molar-refractivity contribution is 5.74. The minimum absolute atomic E-state index is 0.366. The Morgan fingerprint density at radius 1 is 1.40 bits per heavy atom. The molecule has 1 amide bonds. The van der Waals surface area contributed by atoms with Gasteiger partial charge in [-0.1, -0.05) is 6.92 Å². The van der Waals surface area contributed by atoms with Gasteiger partial charge in [0.2, 0.25) is 0 Å². The van der Waals surface area contributed by atoms with Crippen LogP contribution in [-0.2, 0) is 9.53 Å². The first kappa shape index (κ1) is 13.7. The van der Waals surface area contributed by atoms with Gasteiger partial charge in [-0.05, 0) is 27.2 Å². The first-order valence-corrected chi connectivity index (χ1v) is 4.73. The quantitative estimate of drug-likeness (QED) is 0.610. The van der Waals surface area contributed by atoms with Gasteiger partial charge in [0.05, 0.1) is 0 Å². The van der Waals surface area contributed by atoms with Crippen molar-refractivity contribution < 1.29 is 19.4 Å². The molecule has 0 aliphatic heterocycles. The van der Waals surface area contributed by atoms with Crippen molar-refractivity contribution in [2.24, 2.45) is 0 Å². The first-order chi connectivity index (χ1) is 6.76. The summed E-state index contributed by atoms with van der Waals surface area (Å²) >= 11 is 0. The standard InChI is InChI=1S/C9H18N2O4/c1-5-6(7(12)13)10-11-8(14)15-9(2,3)4/h6,10H,5H2,1-4H3,(H,11,14)(H,12,13). The van der Waals surface area contributed by atoms with E-state index in [0.717, 1.165) is 0 Å². The fourth-order valence-electron chi connectivity index (χ4n) is 0.788. The molecule has 0 bridgehead atoms. The van der Waals surface area contributed by atoms with Crippen molar-refractivity contribution in [2.75, 3.05) is 0 Å². The average molecular weight is 218 g/mol. The molecule has 15 heavy (non-hydrogen) atoms. The molecule has 1 unspecified atom stereocenters. The van der Waals surface area contributed by atoms with Crippen LogP contribution in [0, 0.1) is 0 Å². The average Bonchev–Trinajstić information content (AvgIpc) is 2.01. The molecule has 0 rings (SSSR count). The van der Waals surface area contributed by atoms with Gasteiger partial charge in [0.25, 0.3) is 0 Å². The lowest BCUT2D eigenvalue weighted by atomic mass is 10.2. The minimum atomic E-state index is -1.02. The number of ether oxygens (including phenoxy) is 1. The largest absolute Gasteiger partial charge is 0.480 e. The zero-order valence-electron chi connectivity index (χ0n) is 9.46. The maximum atomic E-state index is 11.1. The Bertz CT molecular complexity index is 235. The minimum Gasteiger partial charge on any atom is -0.480 e. The zero-order valence-corrected chi connectivity index (χ0v) is 9.46. The van der Waals surface area contributed by atoms with Gasteiger partial charge in [-0.25, -0.2) is 10.2 Å². The Hall–Kier alpha value is -1.30. The van der Waals surface area contributed by atoms with Gasteiger partial charge < -0.3 is 9.84 Å². The second kappa shape index (κ2) is 5.55. The maximum absolute atomic E-state index is 11.1. The summed E-state index contributed by atoms with van der Waals surface area (Å²) in [5.74, 6) is -1.02. The summed E-state index contributed by atoms with van der Waals surface area (Å²) in [6.07, 6.45) is -0.326. The van der Waals surface area contributed by atoms with E-state index in [9.17, 15) is 9.59 Å². The molecule has 0 saturated heterocycles. The smallest absolute Gasteiger partial charge is 0.422 e. The van der Waals surface area contributed by atoms with Crippen molar-refractivity contribution in [2.45, 2.75) is 45.8 Å². The highest BCUT2D eigenvalue weighted by atomic mass is 16.6. The number of carboxylic acids is 1. The van der Waals surface area contributed by atoms with Crippen LogP contribution in [0.1, 0.15) is 34.1 Å². The van der Waals surface area contributed by atoms with Crippen LogP contribution >= 0.6 is 0 Å². The number of carbonyl (C=O) groups is 2. The van der Waals surface area contributed by atoms with Crippen LogP contribution in [0.2, 0.25) is 0 Å². The predicted octanol–water partition coefficient (Wildman–Crippen LogP) is 0.879. The third-order valence-electron chi connectivity index (χ3n) is 1.45. The van der Waals surface area contributed by atoms with Crippen molar-refractivity contribution in [3.05, 3.63) is 0 Å². The van der Waals surface area contributed by atoms with Crippen molar-refractivity contribution in [1.82, 2.24) is 10.9 Å². The lowest BCUT2D eigenvalue weighted by molar-refractivity contribution is -0.139. The summed E-state index contributed by atoms with van der Waals surface area (Å²) in [6.45, 7) is 6.87. The van der Waals surface area contributed by atoms with Crippen molar-refractivity contribution >= 4 is 12.1 Å². The number of hydrazine groups is 1. The molecule has 0 heterocycles. The Morgan fingerprint density at radius 3 is 2.27 bits per heavy atom. The summed E-state index contributed by atoms with van der Waals surface area (Å²) < 4.78 is 4.91. The second-order valence-electron chi connectivity index (χ2n) is 4.07. The predicted molar refractivity (Wildman–Crippen MR) is 54.2 cm³/mol. The number of nitrogens with one attached hydrogen (secondary N) is 2. The fraction of sp³-hybridized carbons (Fsp3) is 0.778. The molecular formula is C9H18N2O4. The summed E-state index contributed by atoms with van der Waals surface area (Å²) in [4.78, 5) is 21.7. The number of aliphatic carboxylic acids is 1. The fourth-order valence-corrected chi connectivity index (χ4v) is 0.788. The molecule has 0 fully saturated rings. The lowest BCUT2D eigenvalue weighted by Gasteiger charge is -2.21. The van der Waals surface area contributed by atoms with Crippen molar-refractivity contribution in [3.63, 3.8) is 0 Å². The summed E-state index contributed by atoms with van der Waals surface area (Å²) in [5.41, 5.74) is 3.95. The van der Waals surface area contributed by atoms with Crippen LogP contribution < -0.4 is 10.9 Å². The molecule has 3 N–H and O–H groups in total. The molecule has 0 aliphatic carbocycles. The van der Waals surface area contributed by atoms with E-state index in [1.165, 1.54) is 0 Å². The van der Waals surface area contributed by atoms with E-state index in [0.29, 0.717) is 6.42 Å². The molecule has 0 aromatic heterocycles. The molecule has 6 nitrogen and oxygen atoms in total. The van der Waals surface area contributed by atoms with E-state index < -0.39 is 23.7 Å². The third kappa shape index (κ3) is 6.73. The van der Waals surface area contributed by atoms with Gasteiger partial charge in [0.1, 0.15) is 11.6 Å². The normalized spacial score (nSPS) is 13.1. The highest BCUT2D eigenvalue weighted by Gasteiger charge is 2.19. The van der Waals surface area contributed by atoms with E-state index in [1.54, 1.807) is 27.7 Å². The van der Waals surface area contributed by atoms with E-state index in [4.69, 9.17) is 9.84 Å². The Morgan fingerprint density at radius 2 is 1.93 bits per heavy atom. The molecule has 0 saturated carbocycles. The number of hydrogen-bond acceptors (Lipinski definition) is 4. The summed E-state index contributed by atoms with van der Waals surface area (Å²) in [5, 5.41) is 8.66. The second-order valence-corrected chi connectivity index (χ2v) is 4.07. The van der Waals surface area contributed by atoms with E-state index in [2.05, 4.69) is 10.9 Å². The van der Waals surface area contributed by atoms with Crippen LogP contribution in [0.4, 0.5) is 4.79 Å². The van der Waals surface area contributed by atoms with E-state index in [-0.39, 0.29) is 0 Å². The van der Waals surface area contributed by atoms with Crippen LogP contribution in [0.15, 0.2) is 0 Å². The number of rotatable bonds is 4. The van der Waals surface area contributed by atoms with Gasteiger partial charge >= 0.3 is 12.1 Å². The molecule has 0 radical (unpaired) electrons. The van der Waals surface area contributed by atoms with Gasteiger partial charge in [-0.3, -0.25) is 10.2 Å².